The lowest BCUT2D eigenvalue weighted by atomic mass is 10.3. The zero-order valence-electron chi connectivity index (χ0n) is 5.79. The van der Waals surface area contributed by atoms with Crippen LogP contribution in [0.1, 0.15) is 0 Å². The first-order valence-electron chi connectivity index (χ1n) is 3.02. The van der Waals surface area contributed by atoms with Crippen molar-refractivity contribution in [1.82, 2.24) is 0 Å². The maximum Gasteiger partial charge on any atom is 0.110 e. The summed E-state index contributed by atoms with van der Waals surface area (Å²) in [6, 6.07) is 0. The van der Waals surface area contributed by atoms with Gasteiger partial charge >= 0.3 is 0 Å². The van der Waals surface area contributed by atoms with Crippen LogP contribution in [-0.4, -0.2) is 39.6 Å². The first kappa shape index (κ1) is 6.99. The highest BCUT2D eigenvalue weighted by Crippen LogP contribution is 2.21. The molecule has 3 nitrogen and oxygen atoms in total. The molecule has 0 aliphatic carbocycles. The molecular formula is C6H12O3. The zero-order chi connectivity index (χ0) is 6.69. The third-order valence-corrected chi connectivity index (χ3v) is 1.35. The lowest BCUT2D eigenvalue weighted by Crippen LogP contribution is -2.06. The van der Waals surface area contributed by atoms with E-state index in [9.17, 15) is 0 Å². The van der Waals surface area contributed by atoms with Gasteiger partial charge in [-0.2, -0.15) is 0 Å². The predicted octanol–water partition coefficient (Wildman–Crippen LogP) is 0.0466. The molecule has 1 saturated heterocycles. The van der Waals surface area contributed by atoms with Gasteiger partial charge in [-0.1, -0.05) is 0 Å². The normalized spacial score (nSPS) is 32.7. The molecule has 1 aliphatic heterocycles. The van der Waals surface area contributed by atoms with Gasteiger partial charge in [0.15, 0.2) is 0 Å². The molecule has 1 fully saturated rings. The Morgan fingerprint density at radius 2 is 1.56 bits per heavy atom. The highest BCUT2D eigenvalue weighted by atomic mass is 16.6. The van der Waals surface area contributed by atoms with E-state index in [2.05, 4.69) is 0 Å². The van der Waals surface area contributed by atoms with Crippen LogP contribution in [0.4, 0.5) is 0 Å². The Hall–Kier alpha value is -0.120. The van der Waals surface area contributed by atoms with Crippen molar-refractivity contribution in [3.8, 4) is 0 Å². The number of rotatable bonds is 4. The van der Waals surface area contributed by atoms with E-state index in [1.165, 1.54) is 0 Å². The van der Waals surface area contributed by atoms with Gasteiger partial charge in [0, 0.05) is 14.2 Å². The molecule has 2 unspecified atom stereocenters. The Morgan fingerprint density at radius 3 is 1.89 bits per heavy atom. The van der Waals surface area contributed by atoms with Crippen LogP contribution in [-0.2, 0) is 14.2 Å². The lowest BCUT2D eigenvalue weighted by Gasteiger charge is -1.90. The molecular weight excluding hydrogens is 120 g/mol. The average Bonchev–Trinajstić information content (AvgIpc) is 2.50. The number of methoxy groups -OCH3 is 2. The van der Waals surface area contributed by atoms with Gasteiger partial charge in [-0.25, -0.2) is 0 Å². The van der Waals surface area contributed by atoms with E-state index >= 15 is 0 Å². The fourth-order valence-corrected chi connectivity index (χ4v) is 0.801. The fourth-order valence-electron chi connectivity index (χ4n) is 0.801. The SMILES string of the molecule is COCC1OC1COC. The van der Waals surface area contributed by atoms with Crippen molar-refractivity contribution in [1.29, 1.82) is 0 Å². The molecule has 0 aromatic carbocycles. The van der Waals surface area contributed by atoms with Crippen LogP contribution in [0.2, 0.25) is 0 Å². The van der Waals surface area contributed by atoms with E-state index < -0.39 is 0 Å². The molecule has 0 bridgehead atoms. The summed E-state index contributed by atoms with van der Waals surface area (Å²) >= 11 is 0. The minimum Gasteiger partial charge on any atom is -0.382 e. The van der Waals surface area contributed by atoms with E-state index in [1.807, 2.05) is 0 Å². The monoisotopic (exact) mass is 132 g/mol. The number of ether oxygens (including phenoxy) is 3. The first-order chi connectivity index (χ1) is 4.38. The Labute approximate surface area is 54.9 Å². The van der Waals surface area contributed by atoms with Gasteiger partial charge in [-0.3, -0.25) is 0 Å². The molecule has 1 aliphatic rings. The molecule has 0 aromatic rings. The van der Waals surface area contributed by atoms with Crippen molar-refractivity contribution >= 4 is 0 Å². The molecule has 0 radical (unpaired) electrons. The predicted molar refractivity (Wildman–Crippen MR) is 32.4 cm³/mol. The van der Waals surface area contributed by atoms with Crippen LogP contribution in [0, 0.1) is 0 Å². The Morgan fingerprint density at radius 1 is 1.11 bits per heavy atom. The zero-order valence-corrected chi connectivity index (χ0v) is 5.79. The lowest BCUT2D eigenvalue weighted by molar-refractivity contribution is 0.165. The second-order valence-electron chi connectivity index (χ2n) is 2.12. The van der Waals surface area contributed by atoms with E-state index in [0.717, 1.165) is 0 Å². The summed E-state index contributed by atoms with van der Waals surface area (Å²) in [5.74, 6) is 0. The molecule has 0 spiro atoms. The van der Waals surface area contributed by atoms with Crippen molar-refractivity contribution in [3.63, 3.8) is 0 Å². The van der Waals surface area contributed by atoms with Gasteiger partial charge in [-0.15, -0.1) is 0 Å². The molecule has 1 rings (SSSR count). The van der Waals surface area contributed by atoms with E-state index in [-0.39, 0.29) is 12.2 Å². The second kappa shape index (κ2) is 3.15. The second-order valence-corrected chi connectivity index (χ2v) is 2.12. The fraction of sp³-hybridized carbons (Fsp3) is 1.00. The molecule has 0 saturated carbocycles. The maximum atomic E-state index is 5.15. The minimum absolute atomic E-state index is 0.287. The van der Waals surface area contributed by atoms with Crippen LogP contribution in [0.5, 0.6) is 0 Å². The molecule has 3 heteroatoms. The van der Waals surface area contributed by atoms with Crippen molar-refractivity contribution in [2.24, 2.45) is 0 Å². The maximum absolute atomic E-state index is 5.15. The topological polar surface area (TPSA) is 31.0 Å². The Kier molecular flexibility index (Phi) is 2.45. The summed E-state index contributed by atoms with van der Waals surface area (Å²) < 4.78 is 14.9. The van der Waals surface area contributed by atoms with E-state index in [0.29, 0.717) is 13.2 Å². The van der Waals surface area contributed by atoms with Crippen LogP contribution < -0.4 is 0 Å². The van der Waals surface area contributed by atoms with Gasteiger partial charge in [0.1, 0.15) is 12.2 Å². The molecule has 0 aromatic heterocycles. The first-order valence-corrected chi connectivity index (χ1v) is 3.02. The third kappa shape index (κ3) is 1.93. The summed E-state index contributed by atoms with van der Waals surface area (Å²) in [4.78, 5) is 0. The Balaban J connectivity index is 1.96. The summed E-state index contributed by atoms with van der Waals surface area (Å²) in [5, 5.41) is 0. The highest BCUT2D eigenvalue weighted by molar-refractivity contribution is 4.83. The van der Waals surface area contributed by atoms with E-state index in [1.54, 1.807) is 14.2 Å². The standard InChI is InChI=1S/C6H12O3/c1-7-3-5-6(9-5)4-8-2/h5-6H,3-4H2,1-2H3. The van der Waals surface area contributed by atoms with Crippen LogP contribution in [0.3, 0.4) is 0 Å². The summed E-state index contributed by atoms with van der Waals surface area (Å²) in [7, 11) is 3.34. The van der Waals surface area contributed by atoms with Crippen LogP contribution in [0.25, 0.3) is 0 Å². The molecule has 54 valence electrons. The quantitative estimate of drug-likeness (QED) is 0.506. The molecule has 9 heavy (non-hydrogen) atoms. The van der Waals surface area contributed by atoms with Crippen molar-refractivity contribution in [3.05, 3.63) is 0 Å². The molecule has 2 atom stereocenters. The van der Waals surface area contributed by atoms with Crippen LogP contribution >= 0.6 is 0 Å². The van der Waals surface area contributed by atoms with Gasteiger partial charge < -0.3 is 14.2 Å². The minimum atomic E-state index is 0.287. The summed E-state index contributed by atoms with van der Waals surface area (Å²) in [5.41, 5.74) is 0. The largest absolute Gasteiger partial charge is 0.382 e. The van der Waals surface area contributed by atoms with Gasteiger partial charge in [0.05, 0.1) is 13.2 Å². The van der Waals surface area contributed by atoms with Crippen molar-refractivity contribution in [2.45, 2.75) is 12.2 Å². The van der Waals surface area contributed by atoms with Crippen molar-refractivity contribution in [2.75, 3.05) is 27.4 Å². The van der Waals surface area contributed by atoms with Crippen LogP contribution in [0.15, 0.2) is 0 Å². The summed E-state index contributed by atoms with van der Waals surface area (Å²) in [6.45, 7) is 1.38. The number of hydrogen-bond acceptors (Lipinski definition) is 3. The number of epoxide rings is 1. The molecule has 0 amide bonds. The van der Waals surface area contributed by atoms with Gasteiger partial charge in [-0.05, 0) is 0 Å². The van der Waals surface area contributed by atoms with E-state index in [4.69, 9.17) is 14.2 Å². The highest BCUT2D eigenvalue weighted by Gasteiger charge is 2.38. The smallest absolute Gasteiger partial charge is 0.110 e. The van der Waals surface area contributed by atoms with Crippen molar-refractivity contribution < 1.29 is 14.2 Å². The average molecular weight is 132 g/mol. The Bertz CT molecular complexity index is 74.4. The van der Waals surface area contributed by atoms with Gasteiger partial charge in [0.25, 0.3) is 0 Å². The third-order valence-electron chi connectivity index (χ3n) is 1.35. The number of hydrogen-bond donors (Lipinski definition) is 0. The molecule has 1 heterocycles. The van der Waals surface area contributed by atoms with Gasteiger partial charge in [0.2, 0.25) is 0 Å². The molecule has 0 N–H and O–H groups in total. The summed E-state index contributed by atoms with van der Waals surface area (Å²) in [6.07, 6.45) is 0.574.